The van der Waals surface area contributed by atoms with Gasteiger partial charge in [0.05, 0.1) is 5.41 Å². The van der Waals surface area contributed by atoms with Crippen LogP contribution in [0.15, 0.2) is 205 Å². The number of nitrogens with zero attached hydrogens (tertiary/aromatic N) is 3. The van der Waals surface area contributed by atoms with Crippen LogP contribution in [0.4, 0.5) is 0 Å². The van der Waals surface area contributed by atoms with Crippen molar-refractivity contribution in [2.45, 2.75) is 5.41 Å². The zero-order valence-corrected chi connectivity index (χ0v) is 34.9. The average Bonchev–Trinajstić information content (AvgIpc) is 4.02. The molecule has 14 rings (SSSR count). The normalized spacial score (nSPS) is 13.2. The third kappa shape index (κ3) is 4.97. The van der Waals surface area contributed by atoms with Gasteiger partial charge in [0.2, 0.25) is 0 Å². The Morgan fingerprint density at radius 2 is 0.984 bits per heavy atom. The van der Waals surface area contributed by atoms with Crippen molar-refractivity contribution in [3.8, 4) is 67.9 Å². The Kier molecular flexibility index (Phi) is 7.42. The Morgan fingerprint density at radius 1 is 0.375 bits per heavy atom. The predicted molar refractivity (Wildman–Crippen MR) is 259 cm³/mol. The van der Waals surface area contributed by atoms with Crippen LogP contribution in [-0.2, 0) is 5.41 Å². The minimum absolute atomic E-state index is 0.556. The van der Waals surface area contributed by atoms with Gasteiger partial charge in [-0.15, -0.1) is 11.3 Å². The summed E-state index contributed by atoms with van der Waals surface area (Å²) in [5, 5.41) is 4.40. The van der Waals surface area contributed by atoms with Gasteiger partial charge in [-0.3, -0.25) is 0 Å². The van der Waals surface area contributed by atoms with Crippen molar-refractivity contribution in [3.63, 3.8) is 0 Å². The van der Waals surface area contributed by atoms with Crippen molar-refractivity contribution in [1.82, 2.24) is 15.0 Å². The van der Waals surface area contributed by atoms with E-state index in [9.17, 15) is 0 Å². The highest BCUT2D eigenvalue weighted by Crippen LogP contribution is 2.62. The Hall–Kier alpha value is -8.19. The number of hydrogen-bond donors (Lipinski definition) is 0. The van der Waals surface area contributed by atoms with Gasteiger partial charge in [0, 0.05) is 58.8 Å². The summed E-state index contributed by atoms with van der Waals surface area (Å²) in [6, 6.07) is 70.7. The molecular weight excluding hydrogens is 803 g/mol. The van der Waals surface area contributed by atoms with Crippen molar-refractivity contribution < 1.29 is 9.15 Å². The zero-order valence-electron chi connectivity index (χ0n) is 34.1. The Morgan fingerprint density at radius 3 is 1.83 bits per heavy atom. The molecule has 4 heterocycles. The summed E-state index contributed by atoms with van der Waals surface area (Å²) >= 11 is 1.77. The molecule has 9 aromatic carbocycles. The lowest BCUT2D eigenvalue weighted by atomic mass is 9.66. The SMILES string of the molecule is c1ccc(-c2nc(-c3cccc4c3sc3ccccc34)nc(-c3cccc4oc5ccc(-c6ccc7c(c6)C6(c8ccccc8Oc8ccccc86)c6ccccc6-7)cc5c34)n2)cc1. The Balaban J connectivity index is 0.972. The van der Waals surface area contributed by atoms with Gasteiger partial charge >= 0.3 is 0 Å². The second kappa shape index (κ2) is 13.4. The second-order valence-corrected chi connectivity index (χ2v) is 17.6. The number of hydrogen-bond acceptors (Lipinski definition) is 6. The lowest BCUT2D eigenvalue weighted by Gasteiger charge is -2.39. The minimum atomic E-state index is -0.556. The number of furan rings is 1. The molecule has 0 radical (unpaired) electrons. The fraction of sp³-hybridized carbons (Fsp3) is 0.0172. The number of fused-ring (bicyclic) bond motifs is 15. The van der Waals surface area contributed by atoms with E-state index in [1.165, 1.54) is 37.7 Å². The molecule has 64 heavy (non-hydrogen) atoms. The monoisotopic (exact) mass is 835 g/mol. The molecule has 0 atom stereocenters. The average molecular weight is 836 g/mol. The molecule has 298 valence electrons. The van der Waals surface area contributed by atoms with Gasteiger partial charge in [-0.05, 0) is 81.9 Å². The highest BCUT2D eigenvalue weighted by molar-refractivity contribution is 7.26. The molecule has 1 spiro atoms. The fourth-order valence-corrected chi connectivity index (χ4v) is 11.7. The quantitative estimate of drug-likeness (QED) is 0.177. The van der Waals surface area contributed by atoms with E-state index in [1.54, 1.807) is 11.3 Å². The van der Waals surface area contributed by atoms with Crippen LogP contribution in [0.1, 0.15) is 22.3 Å². The van der Waals surface area contributed by atoms with Crippen molar-refractivity contribution in [2.24, 2.45) is 0 Å². The van der Waals surface area contributed by atoms with Crippen LogP contribution in [0.2, 0.25) is 0 Å². The van der Waals surface area contributed by atoms with Gasteiger partial charge in [0.15, 0.2) is 17.5 Å². The van der Waals surface area contributed by atoms with E-state index in [0.29, 0.717) is 17.5 Å². The van der Waals surface area contributed by atoms with Gasteiger partial charge in [0.25, 0.3) is 0 Å². The number of thiophene rings is 1. The smallest absolute Gasteiger partial charge is 0.165 e. The van der Waals surface area contributed by atoms with E-state index in [-0.39, 0.29) is 0 Å². The topological polar surface area (TPSA) is 61.0 Å². The van der Waals surface area contributed by atoms with Gasteiger partial charge in [-0.1, -0.05) is 152 Å². The van der Waals surface area contributed by atoms with E-state index >= 15 is 0 Å². The number of rotatable bonds is 4. The summed E-state index contributed by atoms with van der Waals surface area (Å²) in [5.41, 5.74) is 13.3. The van der Waals surface area contributed by atoms with E-state index in [1.807, 2.05) is 30.3 Å². The molecule has 0 fully saturated rings. The maximum atomic E-state index is 6.63. The summed E-state index contributed by atoms with van der Waals surface area (Å²) in [6.45, 7) is 0. The van der Waals surface area contributed by atoms with E-state index in [0.717, 1.165) is 77.1 Å². The summed E-state index contributed by atoms with van der Waals surface area (Å²) < 4.78 is 15.6. The molecule has 2 aliphatic rings. The van der Waals surface area contributed by atoms with Crippen LogP contribution in [0, 0.1) is 0 Å². The maximum absolute atomic E-state index is 6.63. The standard InChI is InChI=1S/C58H33N3O2S/c1-2-14-34(15-3-1)55-59-56(61-57(60-55)42-20-12-18-40-39-17-5-11-27-52(39)64-54(40)42)41-19-13-26-51-53(41)43-32-35(29-31-48(43)62-51)36-28-30-38-37-16-4-6-21-44(37)58(47(38)33-36)45-22-7-9-24-49(45)63-50-25-10-8-23-46(50)58/h1-33H. The fourth-order valence-electron chi connectivity index (χ4n) is 10.5. The van der Waals surface area contributed by atoms with Gasteiger partial charge in [0.1, 0.15) is 22.7 Å². The van der Waals surface area contributed by atoms with Crippen LogP contribution < -0.4 is 4.74 Å². The third-order valence-corrected chi connectivity index (χ3v) is 14.4. The molecule has 1 aliphatic carbocycles. The second-order valence-electron chi connectivity index (χ2n) is 16.6. The lowest BCUT2D eigenvalue weighted by molar-refractivity contribution is 0.436. The third-order valence-electron chi connectivity index (χ3n) is 13.2. The molecular formula is C58H33N3O2S. The summed E-state index contributed by atoms with van der Waals surface area (Å²) in [5.74, 6) is 3.61. The molecule has 3 aromatic heterocycles. The largest absolute Gasteiger partial charge is 0.457 e. The van der Waals surface area contributed by atoms with Crippen LogP contribution in [0.25, 0.3) is 98.5 Å². The van der Waals surface area contributed by atoms with E-state index in [2.05, 4.69) is 170 Å². The van der Waals surface area contributed by atoms with Gasteiger partial charge in [-0.2, -0.15) is 0 Å². The first kappa shape index (κ1) is 35.4. The molecule has 5 nitrogen and oxygen atoms in total. The molecule has 0 bridgehead atoms. The first-order valence-corrected chi connectivity index (χ1v) is 22.3. The van der Waals surface area contributed by atoms with Crippen molar-refractivity contribution in [2.75, 3.05) is 0 Å². The summed E-state index contributed by atoms with van der Waals surface area (Å²) in [4.78, 5) is 15.7. The highest BCUT2D eigenvalue weighted by Gasteiger charge is 2.51. The van der Waals surface area contributed by atoms with Gasteiger partial charge < -0.3 is 9.15 Å². The minimum Gasteiger partial charge on any atom is -0.457 e. The van der Waals surface area contributed by atoms with Crippen molar-refractivity contribution in [3.05, 3.63) is 222 Å². The van der Waals surface area contributed by atoms with Crippen LogP contribution in [0.3, 0.4) is 0 Å². The van der Waals surface area contributed by atoms with Crippen LogP contribution in [0.5, 0.6) is 11.5 Å². The summed E-state index contributed by atoms with van der Waals surface area (Å²) in [7, 11) is 0. The van der Waals surface area contributed by atoms with Crippen LogP contribution >= 0.6 is 11.3 Å². The maximum Gasteiger partial charge on any atom is 0.165 e. The Bertz CT molecular complexity index is 3860. The highest BCUT2D eigenvalue weighted by atomic mass is 32.1. The molecule has 0 saturated heterocycles. The molecule has 1 aliphatic heterocycles. The Labute approximate surface area is 371 Å². The number of benzene rings is 9. The number of ether oxygens (including phenoxy) is 1. The van der Waals surface area contributed by atoms with Gasteiger partial charge in [-0.25, -0.2) is 15.0 Å². The molecule has 12 aromatic rings. The summed E-state index contributed by atoms with van der Waals surface area (Å²) in [6.07, 6.45) is 0. The zero-order chi connectivity index (χ0) is 41.9. The molecule has 0 saturated carbocycles. The van der Waals surface area contributed by atoms with E-state index in [4.69, 9.17) is 24.1 Å². The number of aromatic nitrogens is 3. The molecule has 0 unspecified atom stereocenters. The first-order valence-electron chi connectivity index (χ1n) is 21.5. The molecule has 0 amide bonds. The van der Waals surface area contributed by atoms with Crippen molar-refractivity contribution in [1.29, 1.82) is 0 Å². The van der Waals surface area contributed by atoms with Crippen LogP contribution in [-0.4, -0.2) is 15.0 Å². The van der Waals surface area contributed by atoms with Crippen molar-refractivity contribution >= 4 is 53.4 Å². The lowest BCUT2D eigenvalue weighted by Crippen LogP contribution is -2.32. The number of para-hydroxylation sites is 2. The predicted octanol–water partition coefficient (Wildman–Crippen LogP) is 15.3. The molecule has 0 N–H and O–H groups in total. The first-order chi connectivity index (χ1) is 31.7. The molecule has 6 heteroatoms. The van der Waals surface area contributed by atoms with E-state index < -0.39 is 5.41 Å².